The summed E-state index contributed by atoms with van der Waals surface area (Å²) in [6.45, 7) is 2.32. The first-order chi connectivity index (χ1) is 9.88. The summed E-state index contributed by atoms with van der Waals surface area (Å²) in [5.74, 6) is 0.0731. The van der Waals surface area contributed by atoms with Crippen molar-refractivity contribution in [1.82, 2.24) is 5.32 Å². The maximum Gasteiger partial charge on any atom is 0.221 e. The van der Waals surface area contributed by atoms with Crippen molar-refractivity contribution in [2.75, 3.05) is 12.3 Å². The lowest BCUT2D eigenvalue weighted by atomic mass is 10.2. The molecule has 1 aliphatic carbocycles. The van der Waals surface area contributed by atoms with Crippen LogP contribution in [0.2, 0.25) is 0 Å². The second-order valence-electron chi connectivity index (χ2n) is 5.69. The van der Waals surface area contributed by atoms with Gasteiger partial charge in [-0.3, -0.25) is 4.79 Å². The Morgan fingerprint density at radius 3 is 2.52 bits per heavy atom. The smallest absolute Gasteiger partial charge is 0.221 e. The van der Waals surface area contributed by atoms with Gasteiger partial charge in [0.25, 0.3) is 0 Å². The van der Waals surface area contributed by atoms with Crippen molar-refractivity contribution in [2.24, 2.45) is 11.7 Å². The maximum atomic E-state index is 12.1. The van der Waals surface area contributed by atoms with Crippen LogP contribution in [0.4, 0.5) is 0 Å². The van der Waals surface area contributed by atoms with Crippen LogP contribution in [0.15, 0.2) is 29.2 Å². The van der Waals surface area contributed by atoms with Gasteiger partial charge in [-0.25, -0.2) is 8.42 Å². The summed E-state index contributed by atoms with van der Waals surface area (Å²) in [4.78, 5) is 12.0. The van der Waals surface area contributed by atoms with Crippen LogP contribution in [0.5, 0.6) is 0 Å². The minimum Gasteiger partial charge on any atom is -0.355 e. The Labute approximate surface area is 125 Å². The highest BCUT2D eigenvalue weighted by molar-refractivity contribution is 7.91. The molecule has 1 unspecified atom stereocenters. The lowest BCUT2D eigenvalue weighted by Gasteiger charge is -2.11. The van der Waals surface area contributed by atoms with Crippen LogP contribution in [0.25, 0.3) is 0 Å². The third-order valence-electron chi connectivity index (χ3n) is 3.74. The van der Waals surface area contributed by atoms with Crippen molar-refractivity contribution in [2.45, 2.75) is 37.1 Å². The molecule has 0 saturated heterocycles. The Morgan fingerprint density at radius 2 is 1.95 bits per heavy atom. The number of hydrogen-bond donors (Lipinski definition) is 2. The van der Waals surface area contributed by atoms with Gasteiger partial charge in [-0.2, -0.15) is 0 Å². The summed E-state index contributed by atoms with van der Waals surface area (Å²) in [5.41, 5.74) is 6.88. The van der Waals surface area contributed by atoms with Gasteiger partial charge in [0.2, 0.25) is 5.91 Å². The summed E-state index contributed by atoms with van der Waals surface area (Å²) in [5, 5.41) is 2.71. The number of benzene rings is 1. The number of sulfone groups is 1. The van der Waals surface area contributed by atoms with Crippen LogP contribution in [-0.4, -0.2) is 32.7 Å². The molecule has 1 fully saturated rings. The SMILES string of the molecule is Cc1ccc(S(=O)(=O)CCC(=O)NCC(N)C2CC2)cc1. The summed E-state index contributed by atoms with van der Waals surface area (Å²) in [7, 11) is -3.41. The van der Waals surface area contributed by atoms with E-state index in [0.29, 0.717) is 12.5 Å². The molecule has 2 rings (SSSR count). The lowest BCUT2D eigenvalue weighted by molar-refractivity contribution is -0.120. The lowest BCUT2D eigenvalue weighted by Crippen LogP contribution is -2.39. The Kier molecular flexibility index (Phi) is 5.00. The zero-order chi connectivity index (χ0) is 15.5. The van der Waals surface area contributed by atoms with E-state index in [2.05, 4.69) is 5.32 Å². The largest absolute Gasteiger partial charge is 0.355 e. The van der Waals surface area contributed by atoms with Crippen molar-refractivity contribution in [3.8, 4) is 0 Å². The van der Waals surface area contributed by atoms with E-state index in [4.69, 9.17) is 5.73 Å². The highest BCUT2D eigenvalue weighted by atomic mass is 32.2. The van der Waals surface area contributed by atoms with Crippen LogP contribution in [0.3, 0.4) is 0 Å². The molecule has 1 saturated carbocycles. The monoisotopic (exact) mass is 310 g/mol. The molecular formula is C15H22N2O3S. The van der Waals surface area contributed by atoms with Crippen LogP contribution in [0.1, 0.15) is 24.8 Å². The Bertz CT molecular complexity index is 592. The normalized spacial score (nSPS) is 16.5. The molecule has 21 heavy (non-hydrogen) atoms. The predicted molar refractivity (Wildman–Crippen MR) is 81.6 cm³/mol. The van der Waals surface area contributed by atoms with E-state index in [0.717, 1.165) is 18.4 Å². The number of nitrogens with one attached hydrogen (secondary N) is 1. The number of amides is 1. The number of hydrogen-bond acceptors (Lipinski definition) is 4. The number of carbonyl (C=O) groups excluding carboxylic acids is 1. The Balaban J connectivity index is 1.80. The third kappa shape index (κ3) is 4.82. The van der Waals surface area contributed by atoms with E-state index in [1.807, 2.05) is 6.92 Å². The standard InChI is InChI=1S/C15H22N2O3S/c1-11-2-6-13(7-3-11)21(19,20)9-8-15(18)17-10-14(16)12-4-5-12/h2-3,6-7,12,14H,4-5,8-10,16H2,1H3,(H,17,18). The molecule has 0 heterocycles. The van der Waals surface area contributed by atoms with E-state index in [-0.39, 0.29) is 29.0 Å². The van der Waals surface area contributed by atoms with E-state index >= 15 is 0 Å². The summed E-state index contributed by atoms with van der Waals surface area (Å²) in [6, 6.07) is 6.64. The number of carbonyl (C=O) groups is 1. The zero-order valence-corrected chi connectivity index (χ0v) is 13.0. The van der Waals surface area contributed by atoms with Gasteiger partial charge in [0.1, 0.15) is 0 Å². The molecule has 1 atom stereocenters. The van der Waals surface area contributed by atoms with Gasteiger partial charge < -0.3 is 11.1 Å². The molecule has 5 nitrogen and oxygen atoms in total. The van der Waals surface area contributed by atoms with Gasteiger partial charge in [-0.05, 0) is 37.8 Å². The topological polar surface area (TPSA) is 89.3 Å². The van der Waals surface area contributed by atoms with Gasteiger partial charge in [-0.15, -0.1) is 0 Å². The van der Waals surface area contributed by atoms with Gasteiger partial charge in [0, 0.05) is 19.0 Å². The number of nitrogens with two attached hydrogens (primary N) is 1. The van der Waals surface area contributed by atoms with E-state index < -0.39 is 9.84 Å². The Hall–Kier alpha value is -1.40. The maximum absolute atomic E-state index is 12.1. The van der Waals surface area contributed by atoms with E-state index in [9.17, 15) is 13.2 Å². The first-order valence-corrected chi connectivity index (χ1v) is 8.85. The average molecular weight is 310 g/mol. The summed E-state index contributed by atoms with van der Waals surface area (Å²) in [6.07, 6.45) is 2.21. The molecule has 1 aromatic carbocycles. The first kappa shape index (κ1) is 16.0. The van der Waals surface area contributed by atoms with Crippen molar-refractivity contribution in [3.63, 3.8) is 0 Å². The molecule has 0 spiro atoms. The number of aryl methyl sites for hydroxylation is 1. The molecule has 1 amide bonds. The van der Waals surface area contributed by atoms with E-state index in [1.165, 1.54) is 0 Å². The molecule has 116 valence electrons. The van der Waals surface area contributed by atoms with Gasteiger partial charge in [-0.1, -0.05) is 17.7 Å². The minimum atomic E-state index is -3.41. The average Bonchev–Trinajstić information content (AvgIpc) is 3.27. The molecule has 0 aromatic heterocycles. The molecular weight excluding hydrogens is 288 g/mol. The van der Waals surface area contributed by atoms with Crippen LogP contribution in [0, 0.1) is 12.8 Å². The fraction of sp³-hybridized carbons (Fsp3) is 0.533. The van der Waals surface area contributed by atoms with Crippen LogP contribution >= 0.6 is 0 Å². The Morgan fingerprint density at radius 1 is 1.33 bits per heavy atom. The highest BCUT2D eigenvalue weighted by Crippen LogP contribution is 2.31. The second-order valence-corrected chi connectivity index (χ2v) is 7.80. The van der Waals surface area contributed by atoms with Gasteiger partial charge in [0.15, 0.2) is 9.84 Å². The fourth-order valence-electron chi connectivity index (χ4n) is 2.10. The molecule has 0 bridgehead atoms. The van der Waals surface area contributed by atoms with Crippen molar-refractivity contribution in [1.29, 1.82) is 0 Å². The highest BCUT2D eigenvalue weighted by Gasteiger charge is 2.28. The summed E-state index contributed by atoms with van der Waals surface area (Å²) >= 11 is 0. The molecule has 3 N–H and O–H groups in total. The first-order valence-electron chi connectivity index (χ1n) is 7.20. The van der Waals surface area contributed by atoms with Crippen LogP contribution < -0.4 is 11.1 Å². The van der Waals surface area contributed by atoms with Gasteiger partial charge in [0.05, 0.1) is 10.6 Å². The number of rotatable bonds is 7. The van der Waals surface area contributed by atoms with Crippen molar-refractivity contribution in [3.05, 3.63) is 29.8 Å². The molecule has 0 aliphatic heterocycles. The van der Waals surface area contributed by atoms with Crippen LogP contribution in [-0.2, 0) is 14.6 Å². The molecule has 1 aromatic rings. The zero-order valence-electron chi connectivity index (χ0n) is 12.2. The minimum absolute atomic E-state index is 0.0114. The third-order valence-corrected chi connectivity index (χ3v) is 5.47. The quantitative estimate of drug-likeness (QED) is 0.786. The summed E-state index contributed by atoms with van der Waals surface area (Å²) < 4.78 is 24.2. The van der Waals surface area contributed by atoms with Gasteiger partial charge >= 0.3 is 0 Å². The molecule has 0 radical (unpaired) electrons. The molecule has 1 aliphatic rings. The van der Waals surface area contributed by atoms with Crippen molar-refractivity contribution < 1.29 is 13.2 Å². The fourth-order valence-corrected chi connectivity index (χ4v) is 3.34. The second kappa shape index (κ2) is 6.58. The molecule has 6 heteroatoms. The van der Waals surface area contributed by atoms with E-state index in [1.54, 1.807) is 24.3 Å². The predicted octanol–water partition coefficient (Wildman–Crippen LogP) is 1.01. The van der Waals surface area contributed by atoms with Crippen molar-refractivity contribution >= 4 is 15.7 Å².